The fourth-order valence-electron chi connectivity index (χ4n) is 2.61. The first-order valence-electron chi connectivity index (χ1n) is 8.81. The van der Waals surface area contributed by atoms with Crippen LogP contribution in [0, 0.1) is 11.7 Å². The van der Waals surface area contributed by atoms with Gasteiger partial charge in [0.15, 0.2) is 0 Å². The van der Waals surface area contributed by atoms with Gasteiger partial charge in [0.05, 0.1) is 10.6 Å². The molecule has 0 atom stereocenters. The first-order valence-corrected chi connectivity index (χ1v) is 9.63. The average molecular weight is 384 g/mol. The van der Waals surface area contributed by atoms with E-state index >= 15 is 0 Å². The molecule has 0 aliphatic carbocycles. The van der Waals surface area contributed by atoms with Crippen molar-refractivity contribution in [2.45, 2.75) is 25.2 Å². The quantitative estimate of drug-likeness (QED) is 0.736. The molecule has 0 saturated heterocycles. The Morgan fingerprint density at radius 3 is 2.78 bits per heavy atom. The summed E-state index contributed by atoms with van der Waals surface area (Å²) >= 11 is 1.26. The van der Waals surface area contributed by atoms with Crippen molar-refractivity contribution in [2.75, 3.05) is 11.9 Å². The molecule has 0 spiro atoms. The lowest BCUT2D eigenvalue weighted by atomic mass is 10.1. The average Bonchev–Trinajstić information content (AvgIpc) is 2.63. The molecule has 2 amide bonds. The molecule has 140 valence electrons. The van der Waals surface area contributed by atoms with Gasteiger partial charge in [-0.15, -0.1) is 0 Å². The van der Waals surface area contributed by atoms with Crippen molar-refractivity contribution in [2.24, 2.45) is 5.92 Å². The van der Waals surface area contributed by atoms with E-state index in [1.54, 1.807) is 36.4 Å². The van der Waals surface area contributed by atoms with Crippen LogP contribution < -0.4 is 10.6 Å². The Morgan fingerprint density at radius 1 is 1.26 bits per heavy atom. The number of halogens is 1. The standard InChI is InChI=1S/C21H21FN2O2S/c1-13(2)9-10-23-20(25)15-7-8-18-17(11-15)24-21(26)19(27-18)12-14-5-3-4-6-16(14)22/h3-8,11-13H,9-10H2,1-2H3,(H,23,25)(H,24,26). The van der Waals surface area contributed by atoms with E-state index in [4.69, 9.17) is 0 Å². The summed E-state index contributed by atoms with van der Waals surface area (Å²) < 4.78 is 13.8. The summed E-state index contributed by atoms with van der Waals surface area (Å²) in [5, 5.41) is 5.67. The second-order valence-corrected chi connectivity index (χ2v) is 7.82. The van der Waals surface area contributed by atoms with E-state index in [0.29, 0.717) is 34.2 Å². The second-order valence-electron chi connectivity index (χ2n) is 6.74. The molecule has 0 aromatic heterocycles. The maximum atomic E-state index is 13.8. The van der Waals surface area contributed by atoms with E-state index in [-0.39, 0.29) is 17.6 Å². The zero-order valence-electron chi connectivity index (χ0n) is 15.2. The lowest BCUT2D eigenvalue weighted by Crippen LogP contribution is -2.26. The van der Waals surface area contributed by atoms with Crippen LogP contribution in [0.4, 0.5) is 10.1 Å². The van der Waals surface area contributed by atoms with Crippen LogP contribution in [0.1, 0.15) is 36.2 Å². The first-order chi connectivity index (χ1) is 12.9. The molecule has 0 fully saturated rings. The number of fused-ring (bicyclic) bond motifs is 1. The summed E-state index contributed by atoms with van der Waals surface area (Å²) in [4.78, 5) is 25.9. The number of amides is 2. The molecular weight excluding hydrogens is 363 g/mol. The number of anilines is 1. The van der Waals surface area contributed by atoms with Crippen molar-refractivity contribution in [1.82, 2.24) is 5.32 Å². The lowest BCUT2D eigenvalue weighted by Gasteiger charge is -2.19. The number of carbonyl (C=O) groups excluding carboxylic acids is 2. The van der Waals surface area contributed by atoms with Crippen molar-refractivity contribution in [3.8, 4) is 0 Å². The van der Waals surface area contributed by atoms with Gasteiger partial charge in [0, 0.05) is 22.6 Å². The Bertz CT molecular complexity index is 909. The van der Waals surface area contributed by atoms with Crippen LogP contribution >= 0.6 is 11.8 Å². The summed E-state index contributed by atoms with van der Waals surface area (Å²) in [7, 11) is 0. The van der Waals surface area contributed by atoms with Crippen LogP contribution in [0.15, 0.2) is 52.3 Å². The molecule has 1 aliphatic heterocycles. The van der Waals surface area contributed by atoms with Crippen molar-refractivity contribution in [1.29, 1.82) is 0 Å². The van der Waals surface area contributed by atoms with E-state index in [0.717, 1.165) is 11.3 Å². The topological polar surface area (TPSA) is 58.2 Å². The summed E-state index contributed by atoms with van der Waals surface area (Å²) in [6.07, 6.45) is 2.44. The molecule has 27 heavy (non-hydrogen) atoms. The van der Waals surface area contributed by atoms with Gasteiger partial charge < -0.3 is 10.6 Å². The highest BCUT2D eigenvalue weighted by Gasteiger charge is 2.22. The minimum absolute atomic E-state index is 0.162. The highest BCUT2D eigenvalue weighted by molar-refractivity contribution is 8.04. The van der Waals surface area contributed by atoms with Crippen LogP contribution in [-0.4, -0.2) is 18.4 Å². The molecule has 2 N–H and O–H groups in total. The third kappa shape index (κ3) is 4.77. The molecule has 0 unspecified atom stereocenters. The molecule has 0 saturated carbocycles. The van der Waals surface area contributed by atoms with E-state index in [9.17, 15) is 14.0 Å². The Balaban J connectivity index is 1.76. The smallest absolute Gasteiger partial charge is 0.262 e. The van der Waals surface area contributed by atoms with Gasteiger partial charge in [-0.05, 0) is 42.7 Å². The molecule has 1 aliphatic rings. The van der Waals surface area contributed by atoms with Gasteiger partial charge in [-0.3, -0.25) is 9.59 Å². The van der Waals surface area contributed by atoms with Crippen molar-refractivity contribution in [3.63, 3.8) is 0 Å². The van der Waals surface area contributed by atoms with Crippen LogP contribution in [0.25, 0.3) is 6.08 Å². The number of rotatable bonds is 5. The predicted molar refractivity (Wildman–Crippen MR) is 107 cm³/mol. The minimum atomic E-state index is -0.377. The van der Waals surface area contributed by atoms with Gasteiger partial charge in [0.2, 0.25) is 0 Å². The summed E-state index contributed by atoms with van der Waals surface area (Å²) in [6, 6.07) is 11.5. The van der Waals surface area contributed by atoms with Crippen LogP contribution in [0.5, 0.6) is 0 Å². The molecule has 0 bridgehead atoms. The second kappa shape index (κ2) is 8.39. The fraction of sp³-hybridized carbons (Fsp3) is 0.238. The largest absolute Gasteiger partial charge is 0.352 e. The lowest BCUT2D eigenvalue weighted by molar-refractivity contribution is -0.112. The molecular formula is C21H21FN2O2S. The minimum Gasteiger partial charge on any atom is -0.352 e. The third-order valence-corrected chi connectivity index (χ3v) is 5.23. The van der Waals surface area contributed by atoms with Crippen molar-refractivity contribution in [3.05, 3.63) is 64.3 Å². The molecule has 0 radical (unpaired) electrons. The Morgan fingerprint density at radius 2 is 2.04 bits per heavy atom. The van der Waals surface area contributed by atoms with Crippen LogP contribution in [0.3, 0.4) is 0 Å². The van der Waals surface area contributed by atoms with Gasteiger partial charge in [0.1, 0.15) is 5.82 Å². The number of hydrogen-bond acceptors (Lipinski definition) is 3. The van der Waals surface area contributed by atoms with Crippen LogP contribution in [-0.2, 0) is 4.79 Å². The molecule has 3 rings (SSSR count). The van der Waals surface area contributed by atoms with Crippen molar-refractivity contribution < 1.29 is 14.0 Å². The highest BCUT2D eigenvalue weighted by Crippen LogP contribution is 2.39. The normalized spacial score (nSPS) is 14.8. The SMILES string of the molecule is CC(C)CCNC(=O)c1ccc2c(c1)NC(=O)C(=Cc1ccccc1F)S2. The van der Waals surface area contributed by atoms with E-state index in [1.807, 2.05) is 0 Å². The predicted octanol–water partition coefficient (Wildman–Crippen LogP) is 4.69. The van der Waals surface area contributed by atoms with Gasteiger partial charge in [0.25, 0.3) is 11.8 Å². The molecule has 6 heteroatoms. The van der Waals surface area contributed by atoms with Gasteiger partial charge in [-0.25, -0.2) is 4.39 Å². The molecule has 2 aromatic carbocycles. The third-order valence-electron chi connectivity index (χ3n) is 4.13. The zero-order valence-corrected chi connectivity index (χ0v) is 16.0. The summed E-state index contributed by atoms with van der Waals surface area (Å²) in [5.74, 6) is -0.333. The van der Waals surface area contributed by atoms with E-state index < -0.39 is 0 Å². The maximum Gasteiger partial charge on any atom is 0.262 e. The van der Waals surface area contributed by atoms with Gasteiger partial charge >= 0.3 is 0 Å². The van der Waals surface area contributed by atoms with Gasteiger partial charge in [-0.2, -0.15) is 0 Å². The highest BCUT2D eigenvalue weighted by atomic mass is 32.2. The van der Waals surface area contributed by atoms with E-state index in [1.165, 1.54) is 23.9 Å². The monoisotopic (exact) mass is 384 g/mol. The molecule has 1 heterocycles. The zero-order chi connectivity index (χ0) is 19.4. The first kappa shape index (κ1) is 19.2. The Hall–Kier alpha value is -2.60. The molecule has 4 nitrogen and oxygen atoms in total. The maximum absolute atomic E-state index is 13.8. The van der Waals surface area contributed by atoms with Crippen molar-refractivity contribution >= 4 is 35.3 Å². The van der Waals surface area contributed by atoms with Crippen LogP contribution in [0.2, 0.25) is 0 Å². The van der Waals surface area contributed by atoms with Gasteiger partial charge in [-0.1, -0.05) is 43.8 Å². The summed E-state index contributed by atoms with van der Waals surface area (Å²) in [5.41, 5.74) is 1.45. The Labute approximate surface area is 162 Å². The number of hydrogen-bond donors (Lipinski definition) is 2. The number of benzene rings is 2. The number of carbonyl (C=O) groups is 2. The fourth-order valence-corrected chi connectivity index (χ4v) is 3.53. The number of thioether (sulfide) groups is 1. The Kier molecular flexibility index (Phi) is 5.96. The van der Waals surface area contributed by atoms with E-state index in [2.05, 4.69) is 24.5 Å². The molecule has 2 aromatic rings. The number of nitrogens with one attached hydrogen (secondary N) is 2. The summed E-state index contributed by atoms with van der Waals surface area (Å²) in [6.45, 7) is 4.82.